The van der Waals surface area contributed by atoms with Gasteiger partial charge in [-0.05, 0) is 58.1 Å². The molecule has 0 saturated heterocycles. The third kappa shape index (κ3) is 3.96. The molecule has 0 aliphatic heterocycles. The molecule has 1 aromatic carbocycles. The molecule has 0 aliphatic rings. The SMILES string of the molecule is COc1ccc(OC)c(-c2cc(C(=O)N[C@@H](c3ccsc3)c3cccs3)n(C)n2)c1. The second-order valence-electron chi connectivity index (χ2n) is 6.58. The monoisotopic (exact) mass is 439 g/mol. The topological polar surface area (TPSA) is 65.4 Å². The van der Waals surface area contributed by atoms with Crippen LogP contribution in [0.3, 0.4) is 0 Å². The molecule has 1 N–H and O–H groups in total. The molecule has 1 atom stereocenters. The molecule has 3 heterocycles. The van der Waals surface area contributed by atoms with E-state index in [2.05, 4.69) is 15.8 Å². The number of benzene rings is 1. The summed E-state index contributed by atoms with van der Waals surface area (Å²) in [4.78, 5) is 14.3. The quantitative estimate of drug-likeness (QED) is 0.451. The third-order valence-corrected chi connectivity index (χ3v) is 6.41. The van der Waals surface area contributed by atoms with Crippen LogP contribution in [-0.2, 0) is 7.05 Å². The second-order valence-corrected chi connectivity index (χ2v) is 8.34. The van der Waals surface area contributed by atoms with E-state index in [0.29, 0.717) is 22.9 Å². The summed E-state index contributed by atoms with van der Waals surface area (Å²) < 4.78 is 12.4. The summed E-state index contributed by atoms with van der Waals surface area (Å²) in [7, 11) is 4.97. The Morgan fingerprint density at radius 2 is 2.00 bits per heavy atom. The molecule has 6 nitrogen and oxygen atoms in total. The molecule has 154 valence electrons. The predicted molar refractivity (Wildman–Crippen MR) is 120 cm³/mol. The van der Waals surface area contributed by atoms with Crippen molar-refractivity contribution in [2.45, 2.75) is 6.04 Å². The molecule has 1 amide bonds. The first-order valence-electron chi connectivity index (χ1n) is 9.23. The van der Waals surface area contributed by atoms with Gasteiger partial charge in [-0.3, -0.25) is 9.48 Å². The molecular weight excluding hydrogens is 418 g/mol. The lowest BCUT2D eigenvalue weighted by Gasteiger charge is -2.16. The Morgan fingerprint density at radius 3 is 2.67 bits per heavy atom. The molecule has 8 heteroatoms. The molecule has 30 heavy (non-hydrogen) atoms. The van der Waals surface area contributed by atoms with Gasteiger partial charge in [0.15, 0.2) is 0 Å². The van der Waals surface area contributed by atoms with Crippen molar-refractivity contribution in [1.82, 2.24) is 15.1 Å². The second kappa shape index (κ2) is 8.73. The molecule has 0 fully saturated rings. The smallest absolute Gasteiger partial charge is 0.270 e. The number of ether oxygens (including phenoxy) is 2. The summed E-state index contributed by atoms with van der Waals surface area (Å²) in [6, 6.07) is 13.1. The van der Waals surface area contributed by atoms with Crippen LogP contribution in [0.15, 0.2) is 58.6 Å². The minimum absolute atomic E-state index is 0.192. The maximum Gasteiger partial charge on any atom is 0.270 e. The molecule has 0 saturated carbocycles. The van der Waals surface area contributed by atoms with E-state index in [-0.39, 0.29) is 11.9 Å². The number of nitrogens with zero attached hydrogens (tertiary/aromatic N) is 2. The van der Waals surface area contributed by atoms with Gasteiger partial charge < -0.3 is 14.8 Å². The minimum Gasteiger partial charge on any atom is -0.497 e. The van der Waals surface area contributed by atoms with E-state index in [0.717, 1.165) is 16.0 Å². The van der Waals surface area contributed by atoms with Crippen LogP contribution < -0.4 is 14.8 Å². The van der Waals surface area contributed by atoms with Crippen LogP contribution in [0.2, 0.25) is 0 Å². The van der Waals surface area contributed by atoms with Gasteiger partial charge in [0.05, 0.1) is 26.0 Å². The molecular formula is C22H21N3O3S2. The highest BCUT2D eigenvalue weighted by Crippen LogP contribution is 2.33. The van der Waals surface area contributed by atoms with Crippen molar-refractivity contribution < 1.29 is 14.3 Å². The van der Waals surface area contributed by atoms with Crippen molar-refractivity contribution in [3.63, 3.8) is 0 Å². The van der Waals surface area contributed by atoms with Crippen molar-refractivity contribution in [2.24, 2.45) is 7.05 Å². The van der Waals surface area contributed by atoms with Crippen LogP contribution >= 0.6 is 22.7 Å². The third-order valence-electron chi connectivity index (χ3n) is 4.77. The Kier molecular flexibility index (Phi) is 5.87. The zero-order valence-corrected chi connectivity index (χ0v) is 18.4. The summed E-state index contributed by atoms with van der Waals surface area (Å²) in [5.74, 6) is 1.16. The fraction of sp³-hybridized carbons (Fsp3) is 0.182. The molecule has 4 aromatic rings. The van der Waals surface area contributed by atoms with Crippen LogP contribution in [0.4, 0.5) is 0 Å². The minimum atomic E-state index is -0.201. The zero-order valence-electron chi connectivity index (χ0n) is 16.8. The van der Waals surface area contributed by atoms with Gasteiger partial charge in [-0.25, -0.2) is 0 Å². The largest absolute Gasteiger partial charge is 0.497 e. The number of amides is 1. The molecule has 0 unspecified atom stereocenters. The van der Waals surface area contributed by atoms with Crippen LogP contribution in [0, 0.1) is 0 Å². The number of carbonyl (C=O) groups excluding carboxylic acids is 1. The van der Waals surface area contributed by atoms with Crippen molar-refractivity contribution in [3.05, 3.63) is 74.7 Å². The average molecular weight is 440 g/mol. The molecule has 0 bridgehead atoms. The van der Waals surface area contributed by atoms with Crippen molar-refractivity contribution in [2.75, 3.05) is 14.2 Å². The number of aryl methyl sites for hydroxylation is 1. The standard InChI is InChI=1S/C22H21N3O3S2/c1-25-18(12-17(24-25)16-11-15(27-2)6-7-19(16)28-3)22(26)23-21(14-8-10-29-13-14)20-5-4-9-30-20/h4-13,21H,1-3H3,(H,23,26)/t21-/m0/s1. The van der Waals surface area contributed by atoms with Crippen LogP contribution in [0.5, 0.6) is 11.5 Å². The molecule has 0 aliphatic carbocycles. The summed E-state index contributed by atoms with van der Waals surface area (Å²) in [6.45, 7) is 0. The van der Waals surface area contributed by atoms with Gasteiger partial charge in [0.25, 0.3) is 5.91 Å². The molecule has 0 spiro atoms. The zero-order chi connectivity index (χ0) is 21.1. The van der Waals surface area contributed by atoms with Gasteiger partial charge >= 0.3 is 0 Å². The Labute approximate surface area is 182 Å². The van der Waals surface area contributed by atoms with Crippen LogP contribution in [0.1, 0.15) is 27.0 Å². The summed E-state index contributed by atoms with van der Waals surface area (Å²) in [5.41, 5.74) is 2.93. The number of hydrogen-bond acceptors (Lipinski definition) is 6. The van der Waals surface area contributed by atoms with E-state index in [1.54, 1.807) is 54.7 Å². The predicted octanol–water partition coefficient (Wildman–Crippen LogP) is 4.75. The molecule has 3 aromatic heterocycles. The van der Waals surface area contributed by atoms with E-state index in [1.807, 2.05) is 47.2 Å². The maximum absolute atomic E-state index is 13.2. The lowest BCUT2D eigenvalue weighted by atomic mass is 10.1. The number of carbonyl (C=O) groups is 1. The number of hydrogen-bond donors (Lipinski definition) is 1. The fourth-order valence-electron chi connectivity index (χ4n) is 3.24. The Balaban J connectivity index is 1.66. The number of thiophene rings is 2. The van der Waals surface area contributed by atoms with E-state index >= 15 is 0 Å². The Hall–Kier alpha value is -3.10. The summed E-state index contributed by atoms with van der Waals surface area (Å²) in [5, 5.41) is 13.8. The van der Waals surface area contributed by atoms with Gasteiger partial charge in [0, 0.05) is 17.5 Å². The average Bonchev–Trinajstić information content (AvgIpc) is 3.53. The van der Waals surface area contributed by atoms with Gasteiger partial charge in [0.1, 0.15) is 17.2 Å². The van der Waals surface area contributed by atoms with Crippen LogP contribution in [0.25, 0.3) is 11.3 Å². The highest BCUT2D eigenvalue weighted by Gasteiger charge is 2.22. The first-order chi connectivity index (χ1) is 14.6. The van der Waals surface area contributed by atoms with E-state index in [9.17, 15) is 4.79 Å². The molecule has 4 rings (SSSR count). The van der Waals surface area contributed by atoms with Gasteiger partial charge in [0.2, 0.25) is 0 Å². The molecule has 0 radical (unpaired) electrons. The summed E-state index contributed by atoms with van der Waals surface area (Å²) in [6.07, 6.45) is 0. The summed E-state index contributed by atoms with van der Waals surface area (Å²) >= 11 is 3.23. The van der Waals surface area contributed by atoms with Crippen LogP contribution in [-0.4, -0.2) is 29.9 Å². The normalized spacial score (nSPS) is 11.8. The maximum atomic E-state index is 13.2. The highest BCUT2D eigenvalue weighted by atomic mass is 32.1. The number of rotatable bonds is 7. The Morgan fingerprint density at radius 1 is 1.13 bits per heavy atom. The van der Waals surface area contributed by atoms with E-state index in [1.165, 1.54) is 0 Å². The van der Waals surface area contributed by atoms with Crippen molar-refractivity contribution >= 4 is 28.6 Å². The van der Waals surface area contributed by atoms with Gasteiger partial charge in [-0.1, -0.05) is 6.07 Å². The number of nitrogens with one attached hydrogen (secondary N) is 1. The van der Waals surface area contributed by atoms with Crippen molar-refractivity contribution in [1.29, 1.82) is 0 Å². The number of methoxy groups -OCH3 is 2. The first kappa shape index (κ1) is 20.2. The van der Waals surface area contributed by atoms with Crippen molar-refractivity contribution in [3.8, 4) is 22.8 Å². The lowest BCUT2D eigenvalue weighted by Crippen LogP contribution is -2.30. The lowest BCUT2D eigenvalue weighted by molar-refractivity contribution is 0.0934. The first-order valence-corrected chi connectivity index (χ1v) is 11.1. The Bertz CT molecular complexity index is 1100. The number of aromatic nitrogens is 2. The fourth-order valence-corrected chi connectivity index (χ4v) is 4.73. The van der Waals surface area contributed by atoms with E-state index in [4.69, 9.17) is 9.47 Å². The van der Waals surface area contributed by atoms with Gasteiger partial charge in [-0.2, -0.15) is 16.4 Å². The van der Waals surface area contributed by atoms with Gasteiger partial charge in [-0.15, -0.1) is 11.3 Å². The highest BCUT2D eigenvalue weighted by molar-refractivity contribution is 7.10. The van der Waals surface area contributed by atoms with E-state index < -0.39 is 0 Å².